The zero-order valence-electron chi connectivity index (χ0n) is 14.4. The highest BCUT2D eigenvalue weighted by Gasteiger charge is 2.20. The van der Waals surface area contributed by atoms with Crippen LogP contribution in [0.3, 0.4) is 0 Å². The number of amides is 1. The second-order valence-corrected chi connectivity index (χ2v) is 5.66. The van der Waals surface area contributed by atoms with Crippen LogP contribution >= 0.6 is 0 Å². The Kier molecular flexibility index (Phi) is 4.87. The van der Waals surface area contributed by atoms with Gasteiger partial charge in [-0.25, -0.2) is 4.79 Å². The number of esters is 1. The van der Waals surface area contributed by atoms with Crippen molar-refractivity contribution in [3.8, 4) is 0 Å². The van der Waals surface area contributed by atoms with Gasteiger partial charge in [-0.3, -0.25) is 9.59 Å². The van der Waals surface area contributed by atoms with Crippen LogP contribution in [-0.2, 0) is 4.74 Å². The first kappa shape index (κ1) is 17.5. The van der Waals surface area contributed by atoms with Gasteiger partial charge in [0.05, 0.1) is 12.7 Å². The number of hydrogen-bond acceptors (Lipinski definition) is 4. The standard InChI is InChI=1S/C18H20N2O4/c1-9-6-7-13(18(23)24-5)8-14(9)20-17(22)16-10(2)15(12(4)21)11(3)19-16/h6-8,19H,1-5H3,(H,20,22). The summed E-state index contributed by atoms with van der Waals surface area (Å²) < 4.78 is 4.69. The molecule has 0 unspecified atom stereocenters. The molecule has 1 amide bonds. The van der Waals surface area contributed by atoms with Crippen molar-refractivity contribution in [2.24, 2.45) is 0 Å². The van der Waals surface area contributed by atoms with Crippen molar-refractivity contribution >= 4 is 23.3 Å². The van der Waals surface area contributed by atoms with E-state index in [1.165, 1.54) is 14.0 Å². The average molecular weight is 328 g/mol. The van der Waals surface area contributed by atoms with Crippen molar-refractivity contribution in [3.05, 3.63) is 51.8 Å². The average Bonchev–Trinajstić information content (AvgIpc) is 2.83. The molecule has 2 N–H and O–H groups in total. The maximum absolute atomic E-state index is 12.6. The number of rotatable bonds is 4. The molecule has 0 atom stereocenters. The molecule has 0 spiro atoms. The van der Waals surface area contributed by atoms with Crippen molar-refractivity contribution in [3.63, 3.8) is 0 Å². The van der Waals surface area contributed by atoms with Gasteiger partial charge >= 0.3 is 5.97 Å². The van der Waals surface area contributed by atoms with Gasteiger partial charge in [-0.2, -0.15) is 0 Å². The smallest absolute Gasteiger partial charge is 0.337 e. The van der Waals surface area contributed by atoms with Gasteiger partial charge in [0.25, 0.3) is 5.91 Å². The predicted octanol–water partition coefficient (Wildman–Crippen LogP) is 3.18. The Balaban J connectivity index is 2.35. The summed E-state index contributed by atoms with van der Waals surface area (Å²) in [6.07, 6.45) is 0. The number of methoxy groups -OCH3 is 1. The van der Waals surface area contributed by atoms with E-state index in [1.54, 1.807) is 32.0 Å². The van der Waals surface area contributed by atoms with Crippen LogP contribution in [0.15, 0.2) is 18.2 Å². The van der Waals surface area contributed by atoms with E-state index in [0.717, 1.165) is 5.56 Å². The highest BCUT2D eigenvalue weighted by molar-refractivity contribution is 6.08. The molecular formula is C18H20N2O4. The number of carbonyl (C=O) groups excluding carboxylic acids is 3. The molecule has 0 aliphatic carbocycles. The number of Topliss-reactive ketones (excluding diaryl/α,β-unsaturated/α-hetero) is 1. The maximum atomic E-state index is 12.6. The van der Waals surface area contributed by atoms with E-state index < -0.39 is 5.97 Å². The minimum atomic E-state index is -0.476. The van der Waals surface area contributed by atoms with Crippen LogP contribution in [0.25, 0.3) is 0 Å². The van der Waals surface area contributed by atoms with Gasteiger partial charge in [0.2, 0.25) is 0 Å². The van der Waals surface area contributed by atoms with Gasteiger partial charge in [-0.1, -0.05) is 6.07 Å². The van der Waals surface area contributed by atoms with Crippen molar-refractivity contribution in [2.45, 2.75) is 27.7 Å². The van der Waals surface area contributed by atoms with Gasteiger partial charge in [0, 0.05) is 16.9 Å². The van der Waals surface area contributed by atoms with Gasteiger partial charge in [-0.15, -0.1) is 0 Å². The van der Waals surface area contributed by atoms with Crippen LogP contribution in [-0.4, -0.2) is 29.8 Å². The molecule has 0 aliphatic heterocycles. The second-order valence-electron chi connectivity index (χ2n) is 5.66. The zero-order chi connectivity index (χ0) is 18.0. The van der Waals surface area contributed by atoms with E-state index in [-0.39, 0.29) is 11.7 Å². The van der Waals surface area contributed by atoms with E-state index in [9.17, 15) is 14.4 Å². The highest BCUT2D eigenvalue weighted by Crippen LogP contribution is 2.22. The van der Waals surface area contributed by atoms with Gasteiger partial charge in [0.1, 0.15) is 5.69 Å². The van der Waals surface area contributed by atoms with Gasteiger partial charge < -0.3 is 15.0 Å². The first-order valence-electron chi connectivity index (χ1n) is 7.46. The number of nitrogens with one attached hydrogen (secondary N) is 2. The second kappa shape index (κ2) is 6.70. The lowest BCUT2D eigenvalue weighted by atomic mass is 10.1. The summed E-state index contributed by atoms with van der Waals surface area (Å²) in [5.41, 5.74) is 3.80. The molecule has 0 saturated carbocycles. The Labute approximate surface area is 140 Å². The predicted molar refractivity (Wildman–Crippen MR) is 90.7 cm³/mol. The Bertz CT molecular complexity index is 834. The number of aromatic amines is 1. The molecule has 6 nitrogen and oxygen atoms in total. The minimum absolute atomic E-state index is 0.0934. The molecule has 24 heavy (non-hydrogen) atoms. The molecule has 6 heteroatoms. The van der Waals surface area contributed by atoms with Gasteiger partial charge in [-0.05, 0) is 51.0 Å². The molecule has 2 rings (SSSR count). The van der Waals surface area contributed by atoms with E-state index in [1.807, 2.05) is 6.92 Å². The number of aromatic nitrogens is 1. The van der Waals surface area contributed by atoms with Crippen molar-refractivity contribution in [1.82, 2.24) is 4.98 Å². The van der Waals surface area contributed by atoms with Crippen LogP contribution in [0.2, 0.25) is 0 Å². The van der Waals surface area contributed by atoms with Crippen LogP contribution in [0, 0.1) is 20.8 Å². The van der Waals surface area contributed by atoms with Crippen molar-refractivity contribution in [2.75, 3.05) is 12.4 Å². The fourth-order valence-electron chi connectivity index (χ4n) is 2.69. The quantitative estimate of drug-likeness (QED) is 0.666. The summed E-state index contributed by atoms with van der Waals surface area (Å²) in [4.78, 5) is 38.8. The molecule has 126 valence electrons. The fraction of sp³-hybridized carbons (Fsp3) is 0.278. The van der Waals surface area contributed by atoms with E-state index in [2.05, 4.69) is 15.0 Å². The Morgan fingerprint density at radius 2 is 1.79 bits per heavy atom. The molecule has 1 heterocycles. The molecule has 0 radical (unpaired) electrons. The topological polar surface area (TPSA) is 88.3 Å². The van der Waals surface area contributed by atoms with E-state index in [0.29, 0.717) is 33.8 Å². The molecule has 0 aliphatic rings. The highest BCUT2D eigenvalue weighted by atomic mass is 16.5. The molecule has 0 bridgehead atoms. The summed E-state index contributed by atoms with van der Waals surface area (Å²) in [6.45, 7) is 6.77. The molecule has 1 aromatic heterocycles. The summed E-state index contributed by atoms with van der Waals surface area (Å²) in [7, 11) is 1.30. The van der Waals surface area contributed by atoms with Crippen LogP contribution in [0.5, 0.6) is 0 Å². The number of H-pyrrole nitrogens is 1. The Hall–Kier alpha value is -2.89. The monoisotopic (exact) mass is 328 g/mol. The van der Waals surface area contributed by atoms with Crippen LogP contribution in [0.1, 0.15) is 54.9 Å². The number of ether oxygens (including phenoxy) is 1. The first-order chi connectivity index (χ1) is 11.3. The third-order valence-electron chi connectivity index (χ3n) is 3.92. The largest absolute Gasteiger partial charge is 0.465 e. The maximum Gasteiger partial charge on any atom is 0.337 e. The number of hydrogen-bond donors (Lipinski definition) is 2. The minimum Gasteiger partial charge on any atom is -0.465 e. The number of anilines is 1. The molecule has 0 fully saturated rings. The van der Waals surface area contributed by atoms with Gasteiger partial charge in [0.15, 0.2) is 5.78 Å². The molecule has 1 aromatic carbocycles. The summed E-state index contributed by atoms with van der Waals surface area (Å²) in [6, 6.07) is 4.93. The number of carbonyl (C=O) groups is 3. The SMILES string of the molecule is COC(=O)c1ccc(C)c(NC(=O)c2[nH]c(C)c(C(C)=O)c2C)c1. The zero-order valence-corrected chi connectivity index (χ0v) is 14.4. The number of aryl methyl sites for hydroxylation is 2. The lowest BCUT2D eigenvalue weighted by Crippen LogP contribution is -2.15. The Morgan fingerprint density at radius 3 is 2.33 bits per heavy atom. The van der Waals surface area contributed by atoms with Crippen LogP contribution in [0.4, 0.5) is 5.69 Å². The molecule has 2 aromatic rings. The third-order valence-corrected chi connectivity index (χ3v) is 3.92. The number of ketones is 1. The van der Waals surface area contributed by atoms with E-state index in [4.69, 9.17) is 0 Å². The van der Waals surface area contributed by atoms with E-state index >= 15 is 0 Å². The number of benzene rings is 1. The first-order valence-corrected chi connectivity index (χ1v) is 7.46. The summed E-state index contributed by atoms with van der Waals surface area (Å²) in [5, 5.41) is 2.78. The normalized spacial score (nSPS) is 10.4. The van der Waals surface area contributed by atoms with Crippen molar-refractivity contribution < 1.29 is 19.1 Å². The molecule has 0 saturated heterocycles. The molecular weight excluding hydrogens is 308 g/mol. The third kappa shape index (κ3) is 3.22. The van der Waals surface area contributed by atoms with Crippen molar-refractivity contribution in [1.29, 1.82) is 0 Å². The lowest BCUT2D eigenvalue weighted by molar-refractivity contribution is 0.0600. The lowest BCUT2D eigenvalue weighted by Gasteiger charge is -2.10. The summed E-state index contributed by atoms with van der Waals surface area (Å²) >= 11 is 0. The Morgan fingerprint density at radius 1 is 1.12 bits per heavy atom. The fourth-order valence-corrected chi connectivity index (χ4v) is 2.69. The summed E-state index contributed by atoms with van der Waals surface area (Å²) in [5.74, 6) is -0.936. The van der Waals surface area contributed by atoms with Crippen LogP contribution < -0.4 is 5.32 Å².